The van der Waals surface area contributed by atoms with Crippen molar-refractivity contribution in [2.75, 3.05) is 0 Å². The molecule has 0 aliphatic rings. The molecule has 18 heavy (non-hydrogen) atoms. The van der Waals surface area contributed by atoms with E-state index in [1.807, 2.05) is 18.2 Å². The van der Waals surface area contributed by atoms with Crippen molar-refractivity contribution in [3.63, 3.8) is 0 Å². The summed E-state index contributed by atoms with van der Waals surface area (Å²) >= 11 is 1.62. The zero-order valence-corrected chi connectivity index (χ0v) is 11.1. The molecule has 0 atom stereocenters. The molecule has 1 aromatic heterocycles. The average molecular weight is 255 g/mol. The molecular formula is C15H13NOS. The zero-order chi connectivity index (χ0) is 12.7. The van der Waals surface area contributed by atoms with Gasteiger partial charge in [-0.2, -0.15) is 0 Å². The van der Waals surface area contributed by atoms with Gasteiger partial charge < -0.3 is 5.11 Å². The standard InChI is InChI=1S/C15H13NOS/c1-9-7-8-13-14(10(9)2)16-15(18-13)11-5-3-4-6-12(11)17/h3-8,17H,1-2H3. The van der Waals surface area contributed by atoms with Gasteiger partial charge in [-0.3, -0.25) is 0 Å². The fraction of sp³-hybridized carbons (Fsp3) is 0.133. The number of thiazole rings is 1. The Kier molecular flexibility index (Phi) is 2.56. The van der Waals surface area contributed by atoms with E-state index in [4.69, 9.17) is 0 Å². The van der Waals surface area contributed by atoms with Gasteiger partial charge in [0.1, 0.15) is 10.8 Å². The van der Waals surface area contributed by atoms with E-state index in [0.29, 0.717) is 0 Å². The molecular weight excluding hydrogens is 242 g/mol. The van der Waals surface area contributed by atoms with Crippen LogP contribution in [-0.4, -0.2) is 10.1 Å². The molecule has 0 aliphatic heterocycles. The molecule has 3 rings (SSSR count). The third-order valence-electron chi connectivity index (χ3n) is 3.22. The van der Waals surface area contributed by atoms with Gasteiger partial charge in [0.05, 0.1) is 15.8 Å². The van der Waals surface area contributed by atoms with Crippen molar-refractivity contribution in [2.45, 2.75) is 13.8 Å². The van der Waals surface area contributed by atoms with E-state index in [2.05, 4.69) is 31.0 Å². The van der Waals surface area contributed by atoms with Gasteiger partial charge in [0.15, 0.2) is 0 Å². The molecule has 90 valence electrons. The molecule has 3 heteroatoms. The van der Waals surface area contributed by atoms with E-state index in [1.165, 1.54) is 11.1 Å². The largest absolute Gasteiger partial charge is 0.507 e. The van der Waals surface area contributed by atoms with E-state index in [0.717, 1.165) is 20.8 Å². The number of aromatic hydroxyl groups is 1. The number of benzene rings is 2. The van der Waals surface area contributed by atoms with Gasteiger partial charge in [-0.25, -0.2) is 4.98 Å². The summed E-state index contributed by atoms with van der Waals surface area (Å²) in [5.74, 6) is 0.283. The average Bonchev–Trinajstić information content (AvgIpc) is 2.79. The van der Waals surface area contributed by atoms with Crippen LogP contribution in [0.4, 0.5) is 0 Å². The van der Waals surface area contributed by atoms with Crippen LogP contribution >= 0.6 is 11.3 Å². The Morgan fingerprint density at radius 1 is 1.06 bits per heavy atom. The summed E-state index contributed by atoms with van der Waals surface area (Å²) < 4.78 is 1.16. The van der Waals surface area contributed by atoms with Gasteiger partial charge in [-0.15, -0.1) is 11.3 Å². The number of aryl methyl sites for hydroxylation is 2. The maximum atomic E-state index is 9.88. The molecule has 0 bridgehead atoms. The maximum Gasteiger partial charge on any atom is 0.128 e. The first-order valence-electron chi connectivity index (χ1n) is 5.82. The van der Waals surface area contributed by atoms with Crippen LogP contribution in [0.25, 0.3) is 20.8 Å². The molecule has 3 aromatic rings. The van der Waals surface area contributed by atoms with Gasteiger partial charge >= 0.3 is 0 Å². The van der Waals surface area contributed by atoms with E-state index >= 15 is 0 Å². The molecule has 0 spiro atoms. The molecule has 0 amide bonds. The predicted molar refractivity (Wildman–Crippen MR) is 76.2 cm³/mol. The lowest BCUT2D eigenvalue weighted by molar-refractivity contribution is 0.477. The van der Waals surface area contributed by atoms with Crippen molar-refractivity contribution in [2.24, 2.45) is 0 Å². The zero-order valence-electron chi connectivity index (χ0n) is 10.3. The Hall–Kier alpha value is -1.87. The van der Waals surface area contributed by atoms with Crippen LogP contribution in [0.3, 0.4) is 0 Å². The van der Waals surface area contributed by atoms with E-state index < -0.39 is 0 Å². The summed E-state index contributed by atoms with van der Waals surface area (Å²) in [4.78, 5) is 4.66. The van der Waals surface area contributed by atoms with Gasteiger partial charge in [-0.1, -0.05) is 18.2 Å². The van der Waals surface area contributed by atoms with Crippen LogP contribution in [0.1, 0.15) is 11.1 Å². The van der Waals surface area contributed by atoms with Crippen LogP contribution in [0.15, 0.2) is 36.4 Å². The summed E-state index contributed by atoms with van der Waals surface area (Å²) in [6.07, 6.45) is 0. The first-order chi connectivity index (χ1) is 8.66. The molecule has 0 unspecified atom stereocenters. The van der Waals surface area contributed by atoms with Crippen molar-refractivity contribution >= 4 is 21.6 Å². The number of nitrogens with zero attached hydrogens (tertiary/aromatic N) is 1. The number of rotatable bonds is 1. The van der Waals surface area contributed by atoms with Crippen molar-refractivity contribution in [3.05, 3.63) is 47.5 Å². The van der Waals surface area contributed by atoms with Crippen molar-refractivity contribution < 1.29 is 5.11 Å². The van der Waals surface area contributed by atoms with Crippen molar-refractivity contribution in [1.82, 2.24) is 4.98 Å². The topological polar surface area (TPSA) is 33.1 Å². The molecule has 0 saturated carbocycles. The molecule has 1 heterocycles. The second-order valence-corrected chi connectivity index (χ2v) is 5.42. The molecule has 0 aliphatic carbocycles. The lowest BCUT2D eigenvalue weighted by Crippen LogP contribution is -1.82. The van der Waals surface area contributed by atoms with Crippen molar-refractivity contribution in [3.8, 4) is 16.3 Å². The number of hydrogen-bond acceptors (Lipinski definition) is 3. The molecule has 0 saturated heterocycles. The van der Waals surface area contributed by atoms with Crippen LogP contribution in [-0.2, 0) is 0 Å². The number of phenols is 1. The smallest absolute Gasteiger partial charge is 0.128 e. The molecule has 1 N–H and O–H groups in total. The first-order valence-corrected chi connectivity index (χ1v) is 6.63. The van der Waals surface area contributed by atoms with Crippen LogP contribution < -0.4 is 0 Å². The minimum Gasteiger partial charge on any atom is -0.507 e. The van der Waals surface area contributed by atoms with Gasteiger partial charge in [0, 0.05) is 0 Å². The molecule has 2 aromatic carbocycles. The fourth-order valence-corrected chi connectivity index (χ4v) is 3.05. The molecule has 2 nitrogen and oxygen atoms in total. The van der Waals surface area contributed by atoms with Gasteiger partial charge in [0.25, 0.3) is 0 Å². The Labute approximate surface area is 110 Å². The highest BCUT2D eigenvalue weighted by Gasteiger charge is 2.11. The number of aromatic nitrogens is 1. The summed E-state index contributed by atoms with van der Waals surface area (Å²) in [5.41, 5.74) is 4.30. The Morgan fingerprint density at radius 2 is 1.83 bits per heavy atom. The summed E-state index contributed by atoms with van der Waals surface area (Å²) in [5, 5.41) is 10.8. The number of phenolic OH excluding ortho intramolecular Hbond substituents is 1. The minimum absolute atomic E-state index is 0.283. The molecule has 0 fully saturated rings. The van der Waals surface area contributed by atoms with Gasteiger partial charge in [0.2, 0.25) is 0 Å². The van der Waals surface area contributed by atoms with Crippen molar-refractivity contribution in [1.29, 1.82) is 0 Å². The Bertz CT molecular complexity index is 730. The third kappa shape index (κ3) is 1.68. The Balaban J connectivity index is 2.26. The fourth-order valence-electron chi connectivity index (χ4n) is 2.00. The lowest BCUT2D eigenvalue weighted by Gasteiger charge is -1.99. The summed E-state index contributed by atoms with van der Waals surface area (Å²) in [6, 6.07) is 11.5. The van der Waals surface area contributed by atoms with Gasteiger partial charge in [-0.05, 0) is 43.2 Å². The van der Waals surface area contributed by atoms with Crippen LogP contribution in [0.5, 0.6) is 5.75 Å². The predicted octanol–water partition coefficient (Wildman–Crippen LogP) is 4.29. The second-order valence-electron chi connectivity index (χ2n) is 4.39. The number of fused-ring (bicyclic) bond motifs is 1. The molecule has 0 radical (unpaired) electrons. The van der Waals surface area contributed by atoms with E-state index in [-0.39, 0.29) is 5.75 Å². The highest BCUT2D eigenvalue weighted by molar-refractivity contribution is 7.21. The number of hydrogen-bond donors (Lipinski definition) is 1. The highest BCUT2D eigenvalue weighted by Crippen LogP contribution is 2.36. The SMILES string of the molecule is Cc1ccc2sc(-c3ccccc3O)nc2c1C. The first kappa shape index (κ1) is 11.2. The number of para-hydroxylation sites is 1. The Morgan fingerprint density at radius 3 is 2.61 bits per heavy atom. The maximum absolute atomic E-state index is 9.88. The highest BCUT2D eigenvalue weighted by atomic mass is 32.1. The van der Waals surface area contributed by atoms with Crippen LogP contribution in [0.2, 0.25) is 0 Å². The second kappa shape index (κ2) is 4.10. The lowest BCUT2D eigenvalue weighted by atomic mass is 10.1. The summed E-state index contributed by atoms with van der Waals surface area (Å²) in [7, 11) is 0. The minimum atomic E-state index is 0.283. The van der Waals surface area contributed by atoms with Crippen LogP contribution in [0, 0.1) is 13.8 Å². The third-order valence-corrected chi connectivity index (χ3v) is 4.27. The quantitative estimate of drug-likeness (QED) is 0.703. The monoisotopic (exact) mass is 255 g/mol. The normalized spacial score (nSPS) is 11.0. The summed E-state index contributed by atoms with van der Waals surface area (Å²) in [6.45, 7) is 4.18. The van der Waals surface area contributed by atoms with E-state index in [9.17, 15) is 5.11 Å². The van der Waals surface area contributed by atoms with E-state index in [1.54, 1.807) is 17.4 Å².